The molecule has 0 amide bonds. The summed E-state index contributed by atoms with van der Waals surface area (Å²) in [6.07, 6.45) is 0.442. The number of carboxylic acid groups (broad SMARTS) is 1. The van der Waals surface area contributed by atoms with E-state index in [0.717, 1.165) is 0 Å². The van der Waals surface area contributed by atoms with Gasteiger partial charge in [-0.25, -0.2) is 0 Å². The van der Waals surface area contributed by atoms with E-state index in [0.29, 0.717) is 44.0 Å². The summed E-state index contributed by atoms with van der Waals surface area (Å²) in [6.45, 7) is 5.52. The minimum atomic E-state index is -0.875. The van der Waals surface area contributed by atoms with E-state index < -0.39 is 11.4 Å². The van der Waals surface area contributed by atoms with E-state index in [-0.39, 0.29) is 18.8 Å². The molecule has 0 unspecified atom stereocenters. The molecule has 1 aromatic heterocycles. The Morgan fingerprint density at radius 1 is 1.41 bits per heavy atom. The van der Waals surface area contributed by atoms with Crippen molar-refractivity contribution < 1.29 is 20.1 Å². The Labute approximate surface area is 129 Å². The fourth-order valence-electron chi connectivity index (χ4n) is 2.38. The molecule has 7 nitrogen and oxygen atoms in total. The number of pyridine rings is 1. The highest BCUT2D eigenvalue weighted by Gasteiger charge is 2.16. The standard InChI is InChI=1S/C15H24N2O5/c1-3-16(7-8-18)10-12-15(22)13(19)9-11(2)17(12)6-4-5-14(20)21/h9,18,22H,3-8,10H2,1-2H3,(H,20,21). The fourth-order valence-corrected chi connectivity index (χ4v) is 2.38. The van der Waals surface area contributed by atoms with Crippen LogP contribution in [0.3, 0.4) is 0 Å². The average Bonchev–Trinajstić information content (AvgIpc) is 2.46. The summed E-state index contributed by atoms with van der Waals surface area (Å²) in [5, 5.41) is 27.9. The number of rotatable bonds is 9. The maximum Gasteiger partial charge on any atom is 0.303 e. The molecule has 0 saturated carbocycles. The van der Waals surface area contributed by atoms with Crippen molar-refractivity contribution >= 4 is 5.97 Å². The summed E-state index contributed by atoms with van der Waals surface area (Å²) in [5.74, 6) is -1.18. The zero-order chi connectivity index (χ0) is 16.7. The molecule has 0 aliphatic carbocycles. The third-order valence-electron chi connectivity index (χ3n) is 3.61. The third-order valence-corrected chi connectivity index (χ3v) is 3.61. The van der Waals surface area contributed by atoms with E-state index in [9.17, 15) is 14.7 Å². The number of aliphatic carboxylic acids is 1. The number of likely N-dealkylation sites (N-methyl/N-ethyl adjacent to an activating group) is 1. The van der Waals surface area contributed by atoms with Gasteiger partial charge in [0.1, 0.15) is 0 Å². The number of aliphatic hydroxyl groups is 1. The minimum absolute atomic E-state index is 0.0103. The lowest BCUT2D eigenvalue weighted by atomic mass is 10.2. The molecular weight excluding hydrogens is 288 g/mol. The molecule has 0 aliphatic rings. The second-order valence-corrected chi connectivity index (χ2v) is 5.19. The van der Waals surface area contributed by atoms with Crippen molar-refractivity contribution in [1.82, 2.24) is 9.47 Å². The van der Waals surface area contributed by atoms with Gasteiger partial charge >= 0.3 is 5.97 Å². The van der Waals surface area contributed by atoms with Crippen LogP contribution in [0, 0.1) is 6.92 Å². The first kappa shape index (κ1) is 18.2. The van der Waals surface area contributed by atoms with E-state index >= 15 is 0 Å². The molecule has 124 valence electrons. The van der Waals surface area contributed by atoms with Gasteiger partial charge in [-0.2, -0.15) is 0 Å². The van der Waals surface area contributed by atoms with E-state index in [1.807, 2.05) is 11.8 Å². The van der Waals surface area contributed by atoms with Crippen LogP contribution in [-0.4, -0.2) is 50.5 Å². The van der Waals surface area contributed by atoms with Crippen molar-refractivity contribution in [3.8, 4) is 5.75 Å². The van der Waals surface area contributed by atoms with Crippen molar-refractivity contribution in [3.05, 3.63) is 27.7 Å². The van der Waals surface area contributed by atoms with Crippen molar-refractivity contribution in [2.45, 2.75) is 39.8 Å². The largest absolute Gasteiger partial charge is 0.503 e. The number of hydrogen-bond acceptors (Lipinski definition) is 5. The van der Waals surface area contributed by atoms with Gasteiger partial charge in [-0.05, 0) is 19.9 Å². The maximum atomic E-state index is 11.8. The number of aryl methyl sites for hydroxylation is 1. The van der Waals surface area contributed by atoms with Crippen LogP contribution in [0.5, 0.6) is 5.75 Å². The van der Waals surface area contributed by atoms with Gasteiger partial charge in [-0.15, -0.1) is 0 Å². The number of carboxylic acids is 1. The molecule has 1 rings (SSSR count). The van der Waals surface area contributed by atoms with Crippen molar-refractivity contribution in [1.29, 1.82) is 0 Å². The topological polar surface area (TPSA) is 103 Å². The van der Waals surface area contributed by atoms with Crippen LogP contribution < -0.4 is 5.43 Å². The normalized spacial score (nSPS) is 11.1. The van der Waals surface area contributed by atoms with Crippen LogP contribution >= 0.6 is 0 Å². The molecular formula is C15H24N2O5. The Morgan fingerprint density at radius 3 is 2.64 bits per heavy atom. The smallest absolute Gasteiger partial charge is 0.303 e. The predicted molar refractivity (Wildman–Crippen MR) is 82.0 cm³/mol. The minimum Gasteiger partial charge on any atom is -0.503 e. The van der Waals surface area contributed by atoms with Gasteiger partial charge in [0.05, 0.1) is 12.3 Å². The first-order chi connectivity index (χ1) is 10.4. The molecule has 22 heavy (non-hydrogen) atoms. The lowest BCUT2D eigenvalue weighted by Gasteiger charge is -2.24. The van der Waals surface area contributed by atoms with Gasteiger partial charge in [-0.3, -0.25) is 14.5 Å². The van der Waals surface area contributed by atoms with E-state index in [1.165, 1.54) is 6.07 Å². The number of nitrogens with zero attached hydrogens (tertiary/aromatic N) is 2. The summed E-state index contributed by atoms with van der Waals surface area (Å²) in [7, 11) is 0. The number of aromatic nitrogens is 1. The van der Waals surface area contributed by atoms with Crippen LogP contribution in [0.4, 0.5) is 0 Å². The molecule has 0 atom stereocenters. The van der Waals surface area contributed by atoms with Gasteiger partial charge < -0.3 is 19.9 Å². The molecule has 0 radical (unpaired) electrons. The molecule has 0 bridgehead atoms. The monoisotopic (exact) mass is 312 g/mol. The van der Waals surface area contributed by atoms with Crippen LogP contribution in [0.15, 0.2) is 10.9 Å². The molecule has 0 spiro atoms. The summed E-state index contributed by atoms with van der Waals surface area (Å²) >= 11 is 0. The number of hydrogen-bond donors (Lipinski definition) is 3. The Balaban J connectivity index is 3.09. The Morgan fingerprint density at radius 2 is 2.09 bits per heavy atom. The SMILES string of the molecule is CCN(CCO)Cc1c(O)c(=O)cc(C)n1CCCC(=O)O. The quantitative estimate of drug-likeness (QED) is 0.615. The Hall–Kier alpha value is -1.86. The number of carbonyl (C=O) groups is 1. The predicted octanol–water partition coefficient (Wildman–Crippen LogP) is 0.541. The van der Waals surface area contributed by atoms with Crippen LogP contribution in [0.25, 0.3) is 0 Å². The molecule has 7 heteroatoms. The zero-order valence-corrected chi connectivity index (χ0v) is 13.1. The number of aromatic hydroxyl groups is 1. The maximum absolute atomic E-state index is 11.8. The van der Waals surface area contributed by atoms with Crippen molar-refractivity contribution in [3.63, 3.8) is 0 Å². The second-order valence-electron chi connectivity index (χ2n) is 5.19. The number of aliphatic hydroxyl groups excluding tert-OH is 1. The van der Waals surface area contributed by atoms with Crippen molar-refractivity contribution in [2.24, 2.45) is 0 Å². The van der Waals surface area contributed by atoms with Crippen LogP contribution in [0.1, 0.15) is 31.2 Å². The van der Waals surface area contributed by atoms with E-state index in [1.54, 1.807) is 11.5 Å². The molecule has 3 N–H and O–H groups in total. The highest BCUT2D eigenvalue weighted by atomic mass is 16.4. The van der Waals surface area contributed by atoms with Crippen LogP contribution in [-0.2, 0) is 17.9 Å². The molecule has 1 heterocycles. The summed E-state index contributed by atoms with van der Waals surface area (Å²) in [5.41, 5.74) is 0.705. The summed E-state index contributed by atoms with van der Waals surface area (Å²) in [4.78, 5) is 24.3. The molecule has 0 saturated heterocycles. The molecule has 0 aliphatic heterocycles. The third kappa shape index (κ3) is 4.85. The zero-order valence-electron chi connectivity index (χ0n) is 13.1. The van der Waals surface area contributed by atoms with Gasteiger partial charge in [0, 0.05) is 37.8 Å². The van der Waals surface area contributed by atoms with E-state index in [4.69, 9.17) is 10.2 Å². The Kier molecular flexibility index (Phi) is 7.07. The fraction of sp³-hybridized carbons (Fsp3) is 0.600. The first-order valence-electron chi connectivity index (χ1n) is 7.38. The molecule has 1 aromatic rings. The highest BCUT2D eigenvalue weighted by Crippen LogP contribution is 2.17. The lowest BCUT2D eigenvalue weighted by molar-refractivity contribution is -0.137. The highest BCUT2D eigenvalue weighted by molar-refractivity contribution is 5.66. The lowest BCUT2D eigenvalue weighted by Crippen LogP contribution is -2.29. The molecule has 0 fully saturated rings. The second kappa shape index (κ2) is 8.55. The summed E-state index contributed by atoms with van der Waals surface area (Å²) in [6, 6.07) is 1.35. The van der Waals surface area contributed by atoms with Gasteiger partial charge in [0.25, 0.3) is 0 Å². The van der Waals surface area contributed by atoms with Crippen molar-refractivity contribution in [2.75, 3.05) is 19.7 Å². The average molecular weight is 312 g/mol. The molecule has 0 aromatic carbocycles. The van der Waals surface area contributed by atoms with Gasteiger partial charge in [0.2, 0.25) is 5.43 Å². The van der Waals surface area contributed by atoms with Gasteiger partial charge in [-0.1, -0.05) is 6.92 Å². The van der Waals surface area contributed by atoms with Gasteiger partial charge in [0.15, 0.2) is 5.75 Å². The summed E-state index contributed by atoms with van der Waals surface area (Å²) < 4.78 is 1.78. The first-order valence-corrected chi connectivity index (χ1v) is 7.38. The van der Waals surface area contributed by atoms with Crippen LogP contribution in [0.2, 0.25) is 0 Å². The van der Waals surface area contributed by atoms with E-state index in [2.05, 4.69) is 0 Å². The Bertz CT molecular complexity index is 568.